The molecule has 8 heteroatoms. The van der Waals surface area contributed by atoms with Crippen LogP contribution in [-0.2, 0) is 15.3 Å². The molecule has 0 saturated heterocycles. The summed E-state index contributed by atoms with van der Waals surface area (Å²) >= 11 is 7.51. The van der Waals surface area contributed by atoms with Crippen LogP contribution < -0.4 is 10.9 Å². The number of carbonyl (C=O) groups is 1. The second-order valence-corrected chi connectivity index (χ2v) is 8.68. The van der Waals surface area contributed by atoms with Gasteiger partial charge in [-0.3, -0.25) is 4.79 Å². The summed E-state index contributed by atoms with van der Waals surface area (Å²) in [7, 11) is 0. The number of aromatic amines is 1. The van der Waals surface area contributed by atoms with Crippen LogP contribution in [0, 0.1) is 0 Å². The molecular formula is C24H22ClN3O3S. The highest BCUT2D eigenvalue weighted by molar-refractivity contribution is 7.98. The number of halogens is 1. The number of nitrogens with zero attached hydrogens (tertiary/aromatic N) is 1. The predicted molar refractivity (Wildman–Crippen MR) is 127 cm³/mol. The van der Waals surface area contributed by atoms with Crippen LogP contribution >= 0.6 is 23.4 Å². The van der Waals surface area contributed by atoms with E-state index < -0.39 is 11.9 Å². The third-order valence-electron chi connectivity index (χ3n) is 5.14. The molecule has 0 bridgehead atoms. The van der Waals surface area contributed by atoms with E-state index in [1.54, 1.807) is 26.0 Å². The standard InChI is InChI=1S/C24H22ClN3O3S/c1-3-31-23(30)18-14(2)26-21-20(19(18)16-9-11-17(25)12-10-16)22(29)28-24(27-21)32-13-15-7-5-4-6-8-15/h4-12,19H,3,13H2,1-2H3,(H2,26,27,28,29)/t19-/m1/s1. The number of carbonyl (C=O) groups excluding carboxylic acids is 1. The lowest BCUT2D eigenvalue weighted by molar-refractivity contribution is -0.138. The van der Waals surface area contributed by atoms with E-state index in [0.717, 1.165) is 11.1 Å². The molecule has 2 N–H and O–H groups in total. The monoisotopic (exact) mass is 467 g/mol. The number of esters is 1. The zero-order valence-corrected chi connectivity index (χ0v) is 19.2. The summed E-state index contributed by atoms with van der Waals surface area (Å²) in [5, 5.41) is 4.23. The molecule has 1 atom stereocenters. The molecule has 1 aliphatic heterocycles. The van der Waals surface area contributed by atoms with Gasteiger partial charge in [0.25, 0.3) is 5.56 Å². The van der Waals surface area contributed by atoms with Gasteiger partial charge in [0.05, 0.1) is 23.7 Å². The minimum atomic E-state index is -0.619. The van der Waals surface area contributed by atoms with Crippen molar-refractivity contribution in [1.82, 2.24) is 9.97 Å². The largest absolute Gasteiger partial charge is 0.463 e. The Morgan fingerprint density at radius 1 is 1.16 bits per heavy atom. The van der Waals surface area contributed by atoms with Gasteiger partial charge in [-0.1, -0.05) is 65.8 Å². The van der Waals surface area contributed by atoms with Gasteiger partial charge in [-0.15, -0.1) is 0 Å². The van der Waals surface area contributed by atoms with E-state index in [1.807, 2.05) is 42.5 Å². The molecule has 0 aliphatic carbocycles. The Hall–Kier alpha value is -3.03. The SMILES string of the molecule is CCOC(=O)C1=C(C)Nc2nc(SCc3ccccc3)[nH]c(=O)c2[C@@H]1c1ccc(Cl)cc1. The molecule has 0 unspecified atom stereocenters. The first-order chi connectivity index (χ1) is 15.5. The zero-order chi connectivity index (χ0) is 22.7. The summed E-state index contributed by atoms with van der Waals surface area (Å²) in [4.78, 5) is 33.6. The van der Waals surface area contributed by atoms with Crippen LogP contribution in [0.3, 0.4) is 0 Å². The van der Waals surface area contributed by atoms with Gasteiger partial charge in [0, 0.05) is 16.5 Å². The molecule has 0 saturated carbocycles. The Bertz CT molecular complexity index is 1220. The van der Waals surface area contributed by atoms with Crippen molar-refractivity contribution in [2.24, 2.45) is 0 Å². The van der Waals surface area contributed by atoms with Gasteiger partial charge < -0.3 is 15.0 Å². The molecule has 0 spiro atoms. The number of hydrogen-bond acceptors (Lipinski definition) is 6. The fourth-order valence-corrected chi connectivity index (χ4v) is 4.64. The quantitative estimate of drug-likeness (QED) is 0.298. The van der Waals surface area contributed by atoms with Gasteiger partial charge in [-0.2, -0.15) is 0 Å². The minimum absolute atomic E-state index is 0.236. The summed E-state index contributed by atoms with van der Waals surface area (Å²) in [5.74, 6) is 0.0262. The maximum Gasteiger partial charge on any atom is 0.336 e. The van der Waals surface area contributed by atoms with Crippen molar-refractivity contribution in [2.75, 3.05) is 11.9 Å². The van der Waals surface area contributed by atoms with E-state index in [1.165, 1.54) is 11.8 Å². The average molecular weight is 468 g/mol. The lowest BCUT2D eigenvalue weighted by atomic mass is 9.82. The number of ether oxygens (including phenoxy) is 1. The lowest BCUT2D eigenvalue weighted by Gasteiger charge is -2.28. The third-order valence-corrected chi connectivity index (χ3v) is 6.33. The number of aromatic nitrogens is 2. The van der Waals surface area contributed by atoms with Gasteiger partial charge in [-0.05, 0) is 37.1 Å². The topological polar surface area (TPSA) is 84.1 Å². The first kappa shape index (κ1) is 22.2. The van der Waals surface area contributed by atoms with Gasteiger partial charge in [0.1, 0.15) is 5.82 Å². The van der Waals surface area contributed by atoms with Crippen molar-refractivity contribution in [1.29, 1.82) is 0 Å². The molecule has 2 heterocycles. The number of thioether (sulfide) groups is 1. The molecule has 164 valence electrons. The Kier molecular flexibility index (Phi) is 6.67. The average Bonchev–Trinajstić information content (AvgIpc) is 2.78. The second kappa shape index (κ2) is 9.63. The fourth-order valence-electron chi connectivity index (χ4n) is 3.69. The van der Waals surface area contributed by atoms with Crippen molar-refractivity contribution >= 4 is 35.1 Å². The normalized spacial score (nSPS) is 15.2. The number of anilines is 1. The third kappa shape index (κ3) is 4.59. The van der Waals surface area contributed by atoms with E-state index in [9.17, 15) is 9.59 Å². The summed E-state index contributed by atoms with van der Waals surface area (Å²) in [5.41, 5.74) is 2.96. The number of benzene rings is 2. The highest BCUT2D eigenvalue weighted by Crippen LogP contribution is 2.40. The van der Waals surface area contributed by atoms with Gasteiger partial charge in [0.15, 0.2) is 5.16 Å². The van der Waals surface area contributed by atoms with Crippen LogP contribution in [0.2, 0.25) is 5.02 Å². The van der Waals surface area contributed by atoms with Crippen LogP contribution in [-0.4, -0.2) is 22.5 Å². The Balaban J connectivity index is 1.76. The van der Waals surface area contributed by atoms with Crippen LogP contribution in [0.1, 0.15) is 36.5 Å². The molecule has 1 aromatic heterocycles. The zero-order valence-electron chi connectivity index (χ0n) is 17.6. The van der Waals surface area contributed by atoms with Gasteiger partial charge in [0.2, 0.25) is 0 Å². The molecule has 3 aromatic rings. The maximum atomic E-state index is 13.2. The smallest absolute Gasteiger partial charge is 0.336 e. The minimum Gasteiger partial charge on any atom is -0.463 e. The molecule has 6 nitrogen and oxygen atoms in total. The molecule has 4 rings (SSSR count). The molecule has 0 fully saturated rings. The first-order valence-corrected chi connectivity index (χ1v) is 11.6. The number of H-pyrrole nitrogens is 1. The van der Waals surface area contributed by atoms with Crippen LogP contribution in [0.4, 0.5) is 5.82 Å². The second-order valence-electron chi connectivity index (χ2n) is 7.28. The molecule has 0 amide bonds. The lowest BCUT2D eigenvalue weighted by Crippen LogP contribution is -2.31. The summed E-state index contributed by atoms with van der Waals surface area (Å²) < 4.78 is 5.29. The van der Waals surface area contributed by atoms with E-state index >= 15 is 0 Å². The van der Waals surface area contributed by atoms with Crippen molar-refractivity contribution in [3.8, 4) is 0 Å². The summed E-state index contributed by atoms with van der Waals surface area (Å²) in [6.07, 6.45) is 0. The van der Waals surface area contributed by atoms with E-state index in [-0.39, 0.29) is 12.2 Å². The first-order valence-electron chi connectivity index (χ1n) is 10.2. The van der Waals surface area contributed by atoms with E-state index in [0.29, 0.717) is 38.6 Å². The van der Waals surface area contributed by atoms with Crippen LogP contribution in [0.15, 0.2) is 75.8 Å². The van der Waals surface area contributed by atoms with Crippen LogP contribution in [0.25, 0.3) is 0 Å². The molecule has 1 aliphatic rings. The molecule has 0 radical (unpaired) electrons. The highest BCUT2D eigenvalue weighted by Gasteiger charge is 2.36. The van der Waals surface area contributed by atoms with Crippen molar-refractivity contribution in [3.05, 3.63) is 97.9 Å². The molecular weight excluding hydrogens is 446 g/mol. The van der Waals surface area contributed by atoms with E-state index in [4.69, 9.17) is 16.3 Å². The number of rotatable bonds is 6. The maximum absolute atomic E-state index is 13.2. The Labute approximate surface area is 195 Å². The van der Waals surface area contributed by atoms with Gasteiger partial charge >= 0.3 is 5.97 Å². The summed E-state index contributed by atoms with van der Waals surface area (Å²) in [6.45, 7) is 3.77. The van der Waals surface area contributed by atoms with E-state index in [2.05, 4.69) is 15.3 Å². The number of allylic oxidation sites excluding steroid dienone is 1. The number of fused-ring (bicyclic) bond motifs is 1. The Morgan fingerprint density at radius 3 is 2.56 bits per heavy atom. The van der Waals surface area contributed by atoms with Crippen molar-refractivity contribution < 1.29 is 9.53 Å². The Morgan fingerprint density at radius 2 is 1.88 bits per heavy atom. The van der Waals surface area contributed by atoms with Crippen molar-refractivity contribution in [3.63, 3.8) is 0 Å². The number of hydrogen-bond donors (Lipinski definition) is 2. The number of nitrogens with one attached hydrogen (secondary N) is 2. The highest BCUT2D eigenvalue weighted by atomic mass is 35.5. The fraction of sp³-hybridized carbons (Fsp3) is 0.208. The summed E-state index contributed by atoms with van der Waals surface area (Å²) in [6, 6.07) is 17.1. The molecule has 2 aromatic carbocycles. The predicted octanol–water partition coefficient (Wildman–Crippen LogP) is 5.11. The molecule has 32 heavy (non-hydrogen) atoms. The van der Waals surface area contributed by atoms with Gasteiger partial charge in [-0.25, -0.2) is 9.78 Å². The van der Waals surface area contributed by atoms with Crippen LogP contribution in [0.5, 0.6) is 0 Å². The van der Waals surface area contributed by atoms with Crippen molar-refractivity contribution in [2.45, 2.75) is 30.7 Å².